The lowest BCUT2D eigenvalue weighted by atomic mass is 9.86. The molecule has 9 aromatic rings. The summed E-state index contributed by atoms with van der Waals surface area (Å²) in [5, 5.41) is 13.4. The maximum absolute atomic E-state index is 10.1. The quantitative estimate of drug-likeness (QED) is 0.177. The summed E-state index contributed by atoms with van der Waals surface area (Å²) < 4.78 is 4.45. The molecular formula is C44H26N6S2. The summed E-state index contributed by atoms with van der Waals surface area (Å²) in [6.07, 6.45) is 8.01. The van der Waals surface area contributed by atoms with Crippen molar-refractivity contribution in [3.8, 4) is 51.6 Å². The molecule has 1 aliphatic rings. The molecule has 10 rings (SSSR count). The van der Waals surface area contributed by atoms with E-state index >= 15 is 0 Å². The minimum Gasteiger partial charge on any atom is -0.231 e. The van der Waals surface area contributed by atoms with Crippen LogP contribution in [0.5, 0.6) is 0 Å². The smallest absolute Gasteiger partial charge is 0.164 e. The van der Waals surface area contributed by atoms with Crippen molar-refractivity contribution in [1.82, 2.24) is 24.9 Å². The van der Waals surface area contributed by atoms with Crippen LogP contribution >= 0.6 is 22.7 Å². The van der Waals surface area contributed by atoms with E-state index in [9.17, 15) is 5.26 Å². The standard InChI is InChI=1S/C44H26N6S2/c45-25-29-16-7-8-17-30(29)38-40-39(32-18-9-10-20-34(32)52-40)47-43(46-38)28-22-23-31-36(24-28)51-35-21-11-19-33(37(31)35)44-49-41(26-12-3-1-4-13-26)48-42(50-44)27-14-5-2-6-15-27/h1-24,29-30H. The van der Waals surface area contributed by atoms with Gasteiger partial charge in [0.1, 0.15) is 0 Å². The van der Waals surface area contributed by atoms with E-state index in [0.717, 1.165) is 68.4 Å². The summed E-state index contributed by atoms with van der Waals surface area (Å²) in [4.78, 5) is 25.4. The normalized spacial score (nSPS) is 15.5. The average molecular weight is 703 g/mol. The Balaban J connectivity index is 1.15. The number of allylic oxidation sites excluding steroid dienone is 4. The number of thiophene rings is 2. The summed E-state index contributed by atoms with van der Waals surface area (Å²) in [5.41, 5.74) is 5.58. The van der Waals surface area contributed by atoms with Crippen LogP contribution in [0.25, 0.3) is 86.0 Å². The molecule has 4 heterocycles. The van der Waals surface area contributed by atoms with E-state index in [1.807, 2.05) is 78.9 Å². The number of benzene rings is 5. The van der Waals surface area contributed by atoms with Crippen molar-refractivity contribution in [2.24, 2.45) is 5.92 Å². The molecule has 0 saturated carbocycles. The third kappa shape index (κ3) is 5.10. The first-order valence-corrected chi connectivity index (χ1v) is 18.6. The highest BCUT2D eigenvalue weighted by Crippen LogP contribution is 2.43. The topological polar surface area (TPSA) is 88.2 Å². The fraction of sp³-hybridized carbons (Fsp3) is 0.0455. The zero-order valence-corrected chi connectivity index (χ0v) is 29.1. The molecular weight excluding hydrogens is 677 g/mol. The maximum atomic E-state index is 10.1. The SMILES string of the molecule is N#CC1C=CC=CC1c1nc(-c2ccc3c(c2)sc2cccc(-c4nc(-c5ccccc5)nc(-c5ccccc5)n4)c23)nc2c1sc1ccccc12. The lowest BCUT2D eigenvalue weighted by Crippen LogP contribution is -2.12. The molecule has 8 heteroatoms. The number of nitrogens with zero attached hydrogens (tertiary/aromatic N) is 6. The van der Waals surface area contributed by atoms with Crippen LogP contribution in [0.1, 0.15) is 11.6 Å². The van der Waals surface area contributed by atoms with Gasteiger partial charge in [-0.3, -0.25) is 0 Å². The molecule has 5 aromatic carbocycles. The molecule has 0 fully saturated rings. The molecule has 244 valence electrons. The number of hydrogen-bond acceptors (Lipinski definition) is 8. The van der Waals surface area contributed by atoms with E-state index < -0.39 is 0 Å². The fourth-order valence-corrected chi connectivity index (χ4v) is 9.39. The second kappa shape index (κ2) is 12.4. The van der Waals surface area contributed by atoms with Gasteiger partial charge in [-0.25, -0.2) is 24.9 Å². The molecule has 2 unspecified atom stereocenters. The minimum atomic E-state index is -0.301. The predicted molar refractivity (Wildman–Crippen MR) is 213 cm³/mol. The molecule has 52 heavy (non-hydrogen) atoms. The first-order valence-electron chi connectivity index (χ1n) is 17.0. The Labute approximate surface area is 306 Å². The van der Waals surface area contributed by atoms with Gasteiger partial charge in [0.25, 0.3) is 0 Å². The number of aromatic nitrogens is 5. The van der Waals surface area contributed by atoms with Crippen LogP contribution in [0.3, 0.4) is 0 Å². The van der Waals surface area contributed by atoms with E-state index in [4.69, 9.17) is 24.9 Å². The number of fused-ring (bicyclic) bond motifs is 6. The van der Waals surface area contributed by atoms with Crippen LogP contribution in [-0.4, -0.2) is 24.9 Å². The Morgan fingerprint density at radius 1 is 0.519 bits per heavy atom. The van der Waals surface area contributed by atoms with Gasteiger partial charge in [-0.1, -0.05) is 127 Å². The number of nitriles is 1. The van der Waals surface area contributed by atoms with Crippen LogP contribution in [0.2, 0.25) is 0 Å². The van der Waals surface area contributed by atoms with Crippen molar-refractivity contribution in [1.29, 1.82) is 5.26 Å². The van der Waals surface area contributed by atoms with Crippen molar-refractivity contribution in [3.63, 3.8) is 0 Å². The molecule has 0 N–H and O–H groups in total. The minimum absolute atomic E-state index is 0.162. The lowest BCUT2D eigenvalue weighted by molar-refractivity contribution is 0.697. The number of rotatable bonds is 5. The number of hydrogen-bond donors (Lipinski definition) is 0. The third-order valence-electron chi connectivity index (χ3n) is 9.54. The van der Waals surface area contributed by atoms with Crippen LogP contribution in [0.4, 0.5) is 0 Å². The van der Waals surface area contributed by atoms with Crippen molar-refractivity contribution >= 4 is 63.1 Å². The Kier molecular flexibility index (Phi) is 7.27. The summed E-state index contributed by atoms with van der Waals surface area (Å²) in [5.74, 6) is 2.09. The molecule has 0 aliphatic heterocycles. The van der Waals surface area contributed by atoms with Crippen molar-refractivity contribution < 1.29 is 0 Å². The highest BCUT2D eigenvalue weighted by atomic mass is 32.1. The second-order valence-electron chi connectivity index (χ2n) is 12.7. The van der Waals surface area contributed by atoms with Crippen LogP contribution in [0.15, 0.2) is 146 Å². The Bertz CT molecular complexity index is 2880. The van der Waals surface area contributed by atoms with Crippen molar-refractivity contribution in [3.05, 3.63) is 151 Å². The summed E-state index contributed by atoms with van der Waals surface area (Å²) in [6.45, 7) is 0. The third-order valence-corrected chi connectivity index (χ3v) is 11.8. The lowest BCUT2D eigenvalue weighted by Gasteiger charge is -2.19. The van der Waals surface area contributed by atoms with Gasteiger partial charge in [0.05, 0.1) is 27.9 Å². The maximum Gasteiger partial charge on any atom is 0.164 e. The van der Waals surface area contributed by atoms with Gasteiger partial charge in [-0.05, 0) is 18.2 Å². The van der Waals surface area contributed by atoms with Gasteiger partial charge >= 0.3 is 0 Å². The van der Waals surface area contributed by atoms with E-state index in [1.165, 1.54) is 0 Å². The van der Waals surface area contributed by atoms with E-state index in [0.29, 0.717) is 23.3 Å². The molecule has 0 bridgehead atoms. The van der Waals surface area contributed by atoms with Crippen molar-refractivity contribution in [2.75, 3.05) is 0 Å². The van der Waals surface area contributed by atoms with Gasteiger partial charge < -0.3 is 0 Å². The second-order valence-corrected chi connectivity index (χ2v) is 14.8. The summed E-state index contributed by atoms with van der Waals surface area (Å²) in [6, 6.07) is 43.8. The predicted octanol–water partition coefficient (Wildman–Crippen LogP) is 11.4. The fourth-order valence-electron chi connectivity index (χ4n) is 7.04. The largest absolute Gasteiger partial charge is 0.231 e. The zero-order chi connectivity index (χ0) is 34.6. The van der Waals surface area contributed by atoms with Gasteiger partial charge in [0, 0.05) is 58.4 Å². The van der Waals surface area contributed by atoms with E-state index in [1.54, 1.807) is 22.7 Å². The first kappa shape index (κ1) is 30.4. The summed E-state index contributed by atoms with van der Waals surface area (Å²) >= 11 is 3.43. The van der Waals surface area contributed by atoms with Crippen LogP contribution < -0.4 is 0 Å². The highest BCUT2D eigenvalue weighted by Gasteiger charge is 2.27. The molecule has 0 saturated heterocycles. The monoisotopic (exact) mass is 702 g/mol. The molecule has 0 radical (unpaired) electrons. The zero-order valence-electron chi connectivity index (χ0n) is 27.5. The molecule has 0 amide bonds. The van der Waals surface area contributed by atoms with E-state index in [2.05, 4.69) is 72.8 Å². The van der Waals surface area contributed by atoms with Crippen LogP contribution in [0, 0.1) is 17.2 Å². The average Bonchev–Trinajstić information content (AvgIpc) is 3.79. The van der Waals surface area contributed by atoms with Gasteiger partial charge in [0.15, 0.2) is 23.3 Å². The Hall–Kier alpha value is -6.40. The van der Waals surface area contributed by atoms with Gasteiger partial charge in [0.2, 0.25) is 0 Å². The molecule has 4 aromatic heterocycles. The van der Waals surface area contributed by atoms with E-state index in [-0.39, 0.29) is 11.8 Å². The summed E-state index contributed by atoms with van der Waals surface area (Å²) in [7, 11) is 0. The van der Waals surface area contributed by atoms with Crippen LogP contribution in [-0.2, 0) is 0 Å². The molecule has 1 aliphatic carbocycles. The van der Waals surface area contributed by atoms with Gasteiger partial charge in [-0.2, -0.15) is 5.26 Å². The highest BCUT2D eigenvalue weighted by molar-refractivity contribution is 7.26. The van der Waals surface area contributed by atoms with Gasteiger partial charge in [-0.15, -0.1) is 22.7 Å². The first-order chi connectivity index (χ1) is 25.7. The van der Waals surface area contributed by atoms with Crippen molar-refractivity contribution in [2.45, 2.75) is 5.92 Å². The molecule has 2 atom stereocenters. The Morgan fingerprint density at radius 2 is 1.19 bits per heavy atom. The Morgan fingerprint density at radius 3 is 1.96 bits per heavy atom. The molecule has 0 spiro atoms. The molecule has 6 nitrogen and oxygen atoms in total.